The molecule has 1 fully saturated rings. The van der Waals surface area contributed by atoms with Crippen LogP contribution in [0.5, 0.6) is 0 Å². The molecule has 1 saturated heterocycles. The van der Waals surface area contributed by atoms with Gasteiger partial charge in [0.25, 0.3) is 0 Å². The first-order valence-corrected chi connectivity index (χ1v) is 8.39. The topological polar surface area (TPSA) is 63.4 Å². The molecule has 4 nitrogen and oxygen atoms in total. The molecule has 0 unspecified atom stereocenters. The molecule has 0 amide bonds. The minimum Gasteiger partial charge on any atom is -0.399 e. The van der Waals surface area contributed by atoms with Gasteiger partial charge in [-0.05, 0) is 31.0 Å². The molecule has 0 spiro atoms. The Balaban J connectivity index is 2.29. The van der Waals surface area contributed by atoms with E-state index in [1.165, 1.54) is 18.6 Å². The smallest absolute Gasteiger partial charge is 0.244 e. The molecule has 0 aliphatic carbocycles. The lowest BCUT2D eigenvalue weighted by Gasteiger charge is -2.24. The van der Waals surface area contributed by atoms with Crippen molar-refractivity contribution in [1.29, 1.82) is 0 Å². The predicted molar refractivity (Wildman–Crippen MR) is 77.7 cm³/mol. The zero-order chi connectivity index (χ0) is 13.9. The molecule has 1 aromatic rings. The summed E-state index contributed by atoms with van der Waals surface area (Å²) in [5, 5.41) is 0.196. The minimum absolute atomic E-state index is 0.156. The van der Waals surface area contributed by atoms with Gasteiger partial charge in [0.2, 0.25) is 10.0 Å². The van der Waals surface area contributed by atoms with Crippen molar-refractivity contribution in [2.45, 2.75) is 37.0 Å². The van der Waals surface area contributed by atoms with Crippen LogP contribution in [0.15, 0.2) is 23.1 Å². The van der Waals surface area contributed by atoms with Crippen molar-refractivity contribution in [2.24, 2.45) is 0 Å². The van der Waals surface area contributed by atoms with Crippen LogP contribution in [0.3, 0.4) is 0 Å². The fourth-order valence-corrected chi connectivity index (χ4v) is 4.37. The molecule has 2 N–H and O–H groups in total. The Bertz CT molecular complexity index is 538. The van der Waals surface area contributed by atoms with E-state index in [2.05, 4.69) is 0 Å². The van der Waals surface area contributed by atoms with Gasteiger partial charge >= 0.3 is 0 Å². The van der Waals surface area contributed by atoms with Crippen molar-refractivity contribution in [3.63, 3.8) is 0 Å². The highest BCUT2D eigenvalue weighted by atomic mass is 35.5. The molecule has 6 heteroatoms. The zero-order valence-corrected chi connectivity index (χ0v) is 12.4. The van der Waals surface area contributed by atoms with E-state index in [0.717, 1.165) is 25.7 Å². The first-order valence-electron chi connectivity index (χ1n) is 6.57. The van der Waals surface area contributed by atoms with E-state index >= 15 is 0 Å². The Hall–Kier alpha value is -0.780. The van der Waals surface area contributed by atoms with Crippen LogP contribution >= 0.6 is 11.6 Å². The third-order valence-corrected chi connectivity index (χ3v) is 5.77. The number of hydrogen-bond donors (Lipinski definition) is 1. The highest BCUT2D eigenvalue weighted by Gasteiger charge is 2.26. The second kappa shape index (κ2) is 6.11. The van der Waals surface area contributed by atoms with Crippen molar-refractivity contribution in [2.75, 3.05) is 18.8 Å². The Kier molecular flexibility index (Phi) is 4.71. The maximum Gasteiger partial charge on any atom is 0.244 e. The Labute approximate surface area is 119 Å². The number of nitrogens with zero attached hydrogens (tertiary/aromatic N) is 1. The first-order chi connectivity index (χ1) is 9.01. The maximum atomic E-state index is 12.6. The molecule has 0 saturated carbocycles. The molecule has 0 radical (unpaired) electrons. The van der Waals surface area contributed by atoms with Crippen LogP contribution < -0.4 is 5.73 Å². The van der Waals surface area contributed by atoms with Gasteiger partial charge in [0.05, 0.1) is 5.02 Å². The number of hydrogen-bond acceptors (Lipinski definition) is 3. The quantitative estimate of drug-likeness (QED) is 0.854. The second-order valence-corrected chi connectivity index (χ2v) is 7.18. The van der Waals surface area contributed by atoms with Gasteiger partial charge in [0.1, 0.15) is 4.90 Å². The number of rotatable bonds is 2. The van der Waals surface area contributed by atoms with E-state index in [9.17, 15) is 8.42 Å². The molecule has 1 heterocycles. The number of anilines is 1. The number of nitrogens with two attached hydrogens (primary N) is 1. The van der Waals surface area contributed by atoms with Crippen LogP contribution in [-0.4, -0.2) is 25.8 Å². The average Bonchev–Trinajstić information content (AvgIpc) is 2.26. The van der Waals surface area contributed by atoms with Gasteiger partial charge < -0.3 is 5.73 Å². The van der Waals surface area contributed by atoms with Crippen molar-refractivity contribution in [1.82, 2.24) is 4.31 Å². The van der Waals surface area contributed by atoms with Gasteiger partial charge in [0, 0.05) is 18.8 Å². The van der Waals surface area contributed by atoms with Gasteiger partial charge in [-0.25, -0.2) is 8.42 Å². The summed E-state index contributed by atoms with van der Waals surface area (Å²) in [5.74, 6) is 0. The largest absolute Gasteiger partial charge is 0.399 e. The molecular formula is C13H19ClN2O2S. The highest BCUT2D eigenvalue weighted by Crippen LogP contribution is 2.27. The van der Waals surface area contributed by atoms with E-state index in [1.54, 1.807) is 10.4 Å². The van der Waals surface area contributed by atoms with E-state index in [4.69, 9.17) is 17.3 Å². The SMILES string of the molecule is Nc1ccc(S(=O)(=O)N2CCCCCCC2)c(Cl)c1. The molecule has 106 valence electrons. The first kappa shape index (κ1) is 14.6. The van der Waals surface area contributed by atoms with Gasteiger partial charge in [-0.1, -0.05) is 30.9 Å². The summed E-state index contributed by atoms with van der Waals surface area (Å²) in [4.78, 5) is 0.156. The molecule has 0 atom stereocenters. The van der Waals surface area contributed by atoms with Crippen molar-refractivity contribution in [3.8, 4) is 0 Å². The number of benzene rings is 1. The third-order valence-electron chi connectivity index (χ3n) is 3.39. The number of nitrogen functional groups attached to an aromatic ring is 1. The van der Waals surface area contributed by atoms with Gasteiger partial charge in [-0.2, -0.15) is 4.31 Å². The zero-order valence-electron chi connectivity index (χ0n) is 10.8. The number of sulfonamides is 1. The third kappa shape index (κ3) is 3.41. The van der Waals surface area contributed by atoms with E-state index < -0.39 is 10.0 Å². The average molecular weight is 303 g/mol. The van der Waals surface area contributed by atoms with Crippen LogP contribution in [-0.2, 0) is 10.0 Å². The van der Waals surface area contributed by atoms with Crippen LogP contribution in [0.1, 0.15) is 32.1 Å². The second-order valence-electron chi connectivity index (χ2n) is 4.86. The molecule has 1 aliphatic heterocycles. The summed E-state index contributed by atoms with van der Waals surface area (Å²) in [7, 11) is -3.50. The normalized spacial score (nSPS) is 18.8. The van der Waals surface area contributed by atoms with Gasteiger partial charge in [-0.15, -0.1) is 0 Å². The van der Waals surface area contributed by atoms with Crippen molar-refractivity contribution < 1.29 is 8.42 Å². The minimum atomic E-state index is -3.50. The molecule has 1 aliphatic rings. The molecular weight excluding hydrogens is 284 g/mol. The monoisotopic (exact) mass is 302 g/mol. The molecule has 0 bridgehead atoms. The molecule has 0 aromatic heterocycles. The number of halogens is 1. The molecule has 1 aromatic carbocycles. The van der Waals surface area contributed by atoms with Crippen LogP contribution in [0.2, 0.25) is 5.02 Å². The fraction of sp³-hybridized carbons (Fsp3) is 0.538. The summed E-state index contributed by atoms with van der Waals surface area (Å²) >= 11 is 6.02. The Morgan fingerprint density at radius 1 is 1.05 bits per heavy atom. The summed E-state index contributed by atoms with van der Waals surface area (Å²) in [6.45, 7) is 1.14. The summed E-state index contributed by atoms with van der Waals surface area (Å²) < 4.78 is 26.7. The highest BCUT2D eigenvalue weighted by molar-refractivity contribution is 7.89. The van der Waals surface area contributed by atoms with E-state index in [1.807, 2.05) is 0 Å². The Morgan fingerprint density at radius 3 is 2.21 bits per heavy atom. The standard InChI is InChI=1S/C13H19ClN2O2S/c14-12-10-11(15)6-7-13(12)19(17,18)16-8-4-2-1-3-5-9-16/h6-7,10H,1-5,8-9,15H2. The van der Waals surface area contributed by atoms with Crippen LogP contribution in [0.4, 0.5) is 5.69 Å². The lowest BCUT2D eigenvalue weighted by atomic mass is 10.1. The summed E-state index contributed by atoms with van der Waals surface area (Å²) in [5.41, 5.74) is 6.07. The summed E-state index contributed by atoms with van der Waals surface area (Å²) in [6.07, 6.45) is 5.18. The molecule has 19 heavy (non-hydrogen) atoms. The lowest BCUT2D eigenvalue weighted by Crippen LogP contribution is -2.34. The maximum absolute atomic E-state index is 12.6. The Morgan fingerprint density at radius 2 is 1.63 bits per heavy atom. The van der Waals surface area contributed by atoms with Crippen LogP contribution in [0, 0.1) is 0 Å². The van der Waals surface area contributed by atoms with Gasteiger partial charge in [0.15, 0.2) is 0 Å². The van der Waals surface area contributed by atoms with Crippen molar-refractivity contribution >= 4 is 27.3 Å². The van der Waals surface area contributed by atoms with E-state index in [-0.39, 0.29) is 9.92 Å². The van der Waals surface area contributed by atoms with Gasteiger partial charge in [-0.3, -0.25) is 0 Å². The lowest BCUT2D eigenvalue weighted by molar-refractivity contribution is 0.364. The fourth-order valence-electron chi connectivity index (χ4n) is 2.32. The summed E-state index contributed by atoms with van der Waals surface area (Å²) in [6, 6.07) is 4.55. The molecule has 2 rings (SSSR count). The van der Waals surface area contributed by atoms with Crippen molar-refractivity contribution in [3.05, 3.63) is 23.2 Å². The van der Waals surface area contributed by atoms with E-state index in [0.29, 0.717) is 18.8 Å². The predicted octanol–water partition coefficient (Wildman–Crippen LogP) is 2.88. The van der Waals surface area contributed by atoms with Crippen LogP contribution in [0.25, 0.3) is 0 Å².